The third kappa shape index (κ3) is 4.60. The van der Waals surface area contributed by atoms with Crippen molar-refractivity contribution in [2.24, 2.45) is 0 Å². The maximum absolute atomic E-state index is 12.6. The molecular formula is C17H16N4O4S2. The van der Waals surface area contributed by atoms with Crippen LogP contribution in [0.15, 0.2) is 47.4 Å². The average molecular weight is 404 g/mol. The number of carbonyl (C=O) groups is 2. The quantitative estimate of drug-likeness (QED) is 0.604. The molecule has 0 spiro atoms. The number of amides is 2. The number of aromatic nitrogens is 1. The molecule has 10 heteroatoms. The van der Waals surface area contributed by atoms with Gasteiger partial charge in [0.1, 0.15) is 0 Å². The van der Waals surface area contributed by atoms with E-state index in [1.165, 1.54) is 49.4 Å². The Bertz CT molecular complexity index is 1120. The van der Waals surface area contributed by atoms with Gasteiger partial charge in [0.25, 0.3) is 10.0 Å². The van der Waals surface area contributed by atoms with E-state index in [1.54, 1.807) is 18.2 Å². The van der Waals surface area contributed by atoms with E-state index in [9.17, 15) is 18.0 Å². The monoisotopic (exact) mass is 404 g/mol. The van der Waals surface area contributed by atoms with Crippen LogP contribution in [0.2, 0.25) is 0 Å². The molecule has 0 saturated heterocycles. The van der Waals surface area contributed by atoms with E-state index in [-0.39, 0.29) is 16.7 Å². The molecule has 1 aromatic heterocycles. The fourth-order valence-corrected chi connectivity index (χ4v) is 4.33. The molecule has 0 saturated carbocycles. The number of hydrogen-bond donors (Lipinski definition) is 3. The number of carbonyl (C=O) groups excluding carboxylic acids is 2. The van der Waals surface area contributed by atoms with E-state index in [1.807, 2.05) is 0 Å². The predicted octanol–water partition coefficient (Wildman–Crippen LogP) is 3.01. The lowest BCUT2D eigenvalue weighted by molar-refractivity contribution is -0.115. The number of rotatable bonds is 5. The van der Waals surface area contributed by atoms with Crippen molar-refractivity contribution in [3.63, 3.8) is 0 Å². The highest BCUT2D eigenvalue weighted by molar-refractivity contribution is 7.92. The minimum absolute atomic E-state index is 0.0694. The molecule has 0 unspecified atom stereocenters. The van der Waals surface area contributed by atoms with Crippen molar-refractivity contribution < 1.29 is 18.0 Å². The summed E-state index contributed by atoms with van der Waals surface area (Å²) >= 11 is 1.25. The number of hydrogen-bond acceptors (Lipinski definition) is 6. The maximum Gasteiger partial charge on any atom is 0.261 e. The first-order chi connectivity index (χ1) is 12.7. The van der Waals surface area contributed by atoms with Crippen LogP contribution in [0.3, 0.4) is 0 Å². The number of thiazole rings is 1. The van der Waals surface area contributed by atoms with Crippen LogP contribution in [0.1, 0.15) is 13.8 Å². The van der Waals surface area contributed by atoms with Crippen molar-refractivity contribution in [2.75, 3.05) is 15.4 Å². The zero-order valence-corrected chi connectivity index (χ0v) is 16.1. The summed E-state index contributed by atoms with van der Waals surface area (Å²) in [7, 11) is -3.79. The van der Waals surface area contributed by atoms with Crippen LogP contribution in [0.4, 0.5) is 16.5 Å². The molecule has 0 fully saturated rings. The van der Waals surface area contributed by atoms with Crippen LogP contribution in [0, 0.1) is 0 Å². The van der Waals surface area contributed by atoms with Gasteiger partial charge in [-0.05, 0) is 42.5 Å². The second kappa shape index (κ2) is 7.33. The topological polar surface area (TPSA) is 117 Å². The van der Waals surface area contributed by atoms with Gasteiger partial charge in [-0.15, -0.1) is 0 Å². The standard InChI is InChI=1S/C17H16N4O4S2/c1-10(22)18-12-3-6-14(7-4-12)27(24,25)21-13-5-8-15-16(9-13)26-17(20-15)19-11(2)23/h3-9,21H,1-2H3,(H,18,22)(H,19,20,23). The molecular weight excluding hydrogens is 388 g/mol. The summed E-state index contributed by atoms with van der Waals surface area (Å²) in [6.07, 6.45) is 0. The first-order valence-electron chi connectivity index (χ1n) is 7.81. The first kappa shape index (κ1) is 18.8. The molecule has 2 amide bonds. The number of nitrogens with one attached hydrogen (secondary N) is 3. The van der Waals surface area contributed by atoms with Crippen molar-refractivity contribution in [1.29, 1.82) is 0 Å². The van der Waals surface area contributed by atoms with Crippen LogP contribution in [0.25, 0.3) is 10.2 Å². The van der Waals surface area contributed by atoms with E-state index in [2.05, 4.69) is 20.3 Å². The van der Waals surface area contributed by atoms with Gasteiger partial charge in [0.05, 0.1) is 20.8 Å². The van der Waals surface area contributed by atoms with Crippen molar-refractivity contribution in [2.45, 2.75) is 18.7 Å². The third-order valence-corrected chi connectivity index (χ3v) is 5.74. The molecule has 0 aliphatic heterocycles. The second-order valence-corrected chi connectivity index (χ2v) is 8.41. The van der Waals surface area contributed by atoms with Crippen LogP contribution in [-0.4, -0.2) is 25.2 Å². The third-order valence-electron chi connectivity index (χ3n) is 3.41. The molecule has 140 valence electrons. The zero-order chi connectivity index (χ0) is 19.6. The Morgan fingerprint density at radius 3 is 2.19 bits per heavy atom. The van der Waals surface area contributed by atoms with Gasteiger partial charge in [0, 0.05) is 19.5 Å². The lowest BCUT2D eigenvalue weighted by Gasteiger charge is -2.09. The van der Waals surface area contributed by atoms with Crippen molar-refractivity contribution in [3.05, 3.63) is 42.5 Å². The summed E-state index contributed by atoms with van der Waals surface area (Å²) in [5, 5.41) is 5.64. The minimum atomic E-state index is -3.79. The Hall–Kier alpha value is -2.98. The second-order valence-electron chi connectivity index (χ2n) is 5.69. The zero-order valence-electron chi connectivity index (χ0n) is 14.4. The molecule has 0 radical (unpaired) electrons. The van der Waals surface area contributed by atoms with Crippen molar-refractivity contribution in [1.82, 2.24) is 4.98 Å². The van der Waals surface area contributed by atoms with E-state index in [0.29, 0.717) is 22.0 Å². The molecule has 0 atom stereocenters. The number of anilines is 3. The average Bonchev–Trinajstić information content (AvgIpc) is 2.95. The SMILES string of the molecule is CC(=O)Nc1ccc(S(=O)(=O)Nc2ccc3nc(NC(C)=O)sc3c2)cc1. The number of sulfonamides is 1. The fraction of sp³-hybridized carbons (Fsp3) is 0.118. The summed E-state index contributed by atoms with van der Waals surface area (Å²) in [5.41, 5.74) is 1.55. The van der Waals surface area contributed by atoms with Crippen LogP contribution < -0.4 is 15.4 Å². The number of nitrogens with zero attached hydrogens (tertiary/aromatic N) is 1. The highest BCUT2D eigenvalue weighted by atomic mass is 32.2. The Morgan fingerprint density at radius 1 is 0.926 bits per heavy atom. The van der Waals surface area contributed by atoms with Gasteiger partial charge in [-0.3, -0.25) is 14.3 Å². The lowest BCUT2D eigenvalue weighted by atomic mass is 10.3. The predicted molar refractivity (Wildman–Crippen MR) is 105 cm³/mol. The lowest BCUT2D eigenvalue weighted by Crippen LogP contribution is -2.13. The van der Waals surface area contributed by atoms with Crippen LogP contribution in [-0.2, 0) is 19.6 Å². The molecule has 8 nitrogen and oxygen atoms in total. The summed E-state index contributed by atoms with van der Waals surface area (Å²) in [6.45, 7) is 2.77. The number of fused-ring (bicyclic) bond motifs is 1. The van der Waals surface area contributed by atoms with Crippen LogP contribution in [0.5, 0.6) is 0 Å². The van der Waals surface area contributed by atoms with E-state index in [4.69, 9.17) is 0 Å². The van der Waals surface area contributed by atoms with Gasteiger partial charge >= 0.3 is 0 Å². The maximum atomic E-state index is 12.6. The fourth-order valence-electron chi connectivity index (χ4n) is 2.33. The normalized spacial score (nSPS) is 11.2. The minimum Gasteiger partial charge on any atom is -0.326 e. The van der Waals surface area contributed by atoms with Crippen LogP contribution >= 0.6 is 11.3 Å². The first-order valence-corrected chi connectivity index (χ1v) is 10.1. The Morgan fingerprint density at radius 2 is 1.56 bits per heavy atom. The van der Waals surface area contributed by atoms with Gasteiger partial charge in [0.15, 0.2) is 5.13 Å². The molecule has 0 aliphatic carbocycles. The van der Waals surface area contributed by atoms with Crippen molar-refractivity contribution >= 4 is 59.9 Å². The van der Waals surface area contributed by atoms with E-state index >= 15 is 0 Å². The Labute approximate surface area is 159 Å². The van der Waals surface area contributed by atoms with Gasteiger partial charge in [-0.25, -0.2) is 13.4 Å². The Kier molecular flexibility index (Phi) is 5.10. The Balaban J connectivity index is 1.82. The number of benzene rings is 2. The molecule has 1 heterocycles. The molecule has 0 bridgehead atoms. The molecule has 2 aromatic carbocycles. The molecule has 3 N–H and O–H groups in total. The van der Waals surface area contributed by atoms with Crippen molar-refractivity contribution in [3.8, 4) is 0 Å². The largest absolute Gasteiger partial charge is 0.326 e. The highest BCUT2D eigenvalue weighted by Gasteiger charge is 2.15. The summed E-state index contributed by atoms with van der Waals surface area (Å²) in [5.74, 6) is -0.460. The van der Waals surface area contributed by atoms with E-state index < -0.39 is 10.0 Å². The summed E-state index contributed by atoms with van der Waals surface area (Å²) in [4.78, 5) is 26.5. The molecule has 3 aromatic rings. The molecule has 0 aliphatic rings. The molecule has 3 rings (SSSR count). The van der Waals surface area contributed by atoms with Gasteiger partial charge in [-0.2, -0.15) is 0 Å². The smallest absolute Gasteiger partial charge is 0.261 e. The van der Waals surface area contributed by atoms with E-state index in [0.717, 1.165) is 4.70 Å². The van der Waals surface area contributed by atoms with Gasteiger partial charge in [-0.1, -0.05) is 11.3 Å². The van der Waals surface area contributed by atoms with Gasteiger partial charge < -0.3 is 10.6 Å². The van der Waals surface area contributed by atoms with Gasteiger partial charge in [0.2, 0.25) is 11.8 Å². The summed E-state index contributed by atoms with van der Waals surface area (Å²) in [6, 6.07) is 10.8. The molecule has 27 heavy (non-hydrogen) atoms. The highest BCUT2D eigenvalue weighted by Crippen LogP contribution is 2.29. The summed E-state index contributed by atoms with van der Waals surface area (Å²) < 4.78 is 28.4.